The first-order chi connectivity index (χ1) is 14.7. The Morgan fingerprint density at radius 3 is 2.67 bits per heavy atom. The van der Waals surface area contributed by atoms with Gasteiger partial charge in [0.2, 0.25) is 5.91 Å². The molecule has 30 heavy (non-hydrogen) atoms. The van der Waals surface area contributed by atoms with Crippen LogP contribution in [0.15, 0.2) is 53.6 Å². The zero-order valence-corrected chi connectivity index (χ0v) is 17.3. The van der Waals surface area contributed by atoms with Crippen molar-refractivity contribution < 1.29 is 13.9 Å². The van der Waals surface area contributed by atoms with Crippen molar-refractivity contribution in [1.29, 1.82) is 0 Å². The lowest BCUT2D eigenvalue weighted by Crippen LogP contribution is -2.36. The summed E-state index contributed by atoms with van der Waals surface area (Å²) in [7, 11) is 0. The number of amides is 1. The van der Waals surface area contributed by atoms with Crippen molar-refractivity contribution in [3.63, 3.8) is 0 Å². The molecule has 2 heterocycles. The van der Waals surface area contributed by atoms with Gasteiger partial charge in [0.25, 0.3) is 0 Å². The smallest absolute Gasteiger partial charge is 0.225 e. The molecule has 0 radical (unpaired) electrons. The molecule has 1 amide bonds. The number of aromatic nitrogens is 2. The van der Waals surface area contributed by atoms with Crippen LogP contribution in [0, 0.1) is 5.82 Å². The van der Waals surface area contributed by atoms with Gasteiger partial charge in [0.15, 0.2) is 0 Å². The van der Waals surface area contributed by atoms with Crippen LogP contribution in [-0.4, -0.2) is 52.8 Å². The number of rotatable bonds is 7. The topological polar surface area (TPSA) is 67.4 Å². The molecule has 0 aliphatic carbocycles. The van der Waals surface area contributed by atoms with E-state index in [-0.39, 0.29) is 11.7 Å². The molecule has 1 saturated heterocycles. The molecule has 0 unspecified atom stereocenters. The highest BCUT2D eigenvalue weighted by atomic mass is 32.2. The van der Waals surface area contributed by atoms with Crippen LogP contribution in [0.2, 0.25) is 0 Å². The summed E-state index contributed by atoms with van der Waals surface area (Å²) < 4.78 is 18.4. The fourth-order valence-electron chi connectivity index (χ4n) is 3.23. The van der Waals surface area contributed by atoms with E-state index in [0.717, 1.165) is 48.1 Å². The minimum atomic E-state index is -0.327. The quantitative estimate of drug-likeness (QED) is 0.459. The lowest BCUT2D eigenvalue weighted by Gasteiger charge is -2.25. The van der Waals surface area contributed by atoms with E-state index >= 15 is 0 Å². The molecular formula is C22H23FN4O2S. The van der Waals surface area contributed by atoms with Crippen LogP contribution in [-0.2, 0) is 16.1 Å². The molecule has 4 rings (SSSR count). The van der Waals surface area contributed by atoms with Crippen molar-refractivity contribution in [1.82, 2.24) is 14.9 Å². The van der Waals surface area contributed by atoms with Crippen molar-refractivity contribution in [2.45, 2.75) is 18.0 Å². The Hall–Kier alpha value is -2.55. The molecule has 0 bridgehead atoms. The fraction of sp³-hybridized carbons (Fsp3) is 0.318. The van der Waals surface area contributed by atoms with Gasteiger partial charge in [-0.1, -0.05) is 18.2 Å². The normalized spacial score (nSPS) is 14.7. The zero-order valence-electron chi connectivity index (χ0n) is 16.5. The van der Waals surface area contributed by atoms with Gasteiger partial charge in [-0.15, -0.1) is 11.8 Å². The molecule has 0 spiro atoms. The van der Waals surface area contributed by atoms with Crippen LogP contribution in [0.4, 0.5) is 10.1 Å². The number of nitrogens with one attached hydrogen (secondary N) is 1. The van der Waals surface area contributed by atoms with Crippen LogP contribution in [0.5, 0.6) is 0 Å². The molecule has 0 atom stereocenters. The van der Waals surface area contributed by atoms with E-state index in [1.165, 1.54) is 12.1 Å². The third-order valence-electron chi connectivity index (χ3n) is 4.78. The van der Waals surface area contributed by atoms with E-state index in [9.17, 15) is 9.18 Å². The maximum Gasteiger partial charge on any atom is 0.225 e. The number of hydrogen-bond donors (Lipinski definition) is 1. The van der Waals surface area contributed by atoms with Gasteiger partial charge < -0.3 is 10.1 Å². The number of fused-ring (bicyclic) bond motifs is 1. The minimum Gasteiger partial charge on any atom is -0.379 e. The number of ether oxygens (including phenoxy) is 1. The highest BCUT2D eigenvalue weighted by Gasteiger charge is 2.15. The summed E-state index contributed by atoms with van der Waals surface area (Å²) in [5, 5.41) is 4.67. The number of hydrogen-bond acceptors (Lipinski definition) is 6. The average molecular weight is 427 g/mol. The van der Waals surface area contributed by atoms with Gasteiger partial charge in [-0.25, -0.2) is 14.4 Å². The first kappa shape index (κ1) is 20.7. The predicted molar refractivity (Wildman–Crippen MR) is 116 cm³/mol. The van der Waals surface area contributed by atoms with Gasteiger partial charge in [0.1, 0.15) is 16.7 Å². The Labute approximate surface area is 178 Å². The third-order valence-corrected chi connectivity index (χ3v) is 5.77. The molecule has 2 aromatic carbocycles. The summed E-state index contributed by atoms with van der Waals surface area (Å²) in [4.78, 5) is 24.0. The number of para-hydroxylation sites is 1. The summed E-state index contributed by atoms with van der Waals surface area (Å²) in [6.45, 7) is 3.91. The van der Waals surface area contributed by atoms with Crippen LogP contribution >= 0.6 is 11.8 Å². The van der Waals surface area contributed by atoms with Gasteiger partial charge >= 0.3 is 0 Å². The second kappa shape index (κ2) is 9.97. The van der Waals surface area contributed by atoms with Crippen molar-refractivity contribution in [2.24, 2.45) is 0 Å². The predicted octanol–water partition coefficient (Wildman–Crippen LogP) is 3.72. The maximum absolute atomic E-state index is 13.0. The average Bonchev–Trinajstić information content (AvgIpc) is 2.76. The number of benzene rings is 2. The first-order valence-corrected chi connectivity index (χ1v) is 10.9. The Balaban J connectivity index is 1.40. The minimum absolute atomic E-state index is 0.110. The van der Waals surface area contributed by atoms with Crippen molar-refractivity contribution in [3.8, 4) is 0 Å². The lowest BCUT2D eigenvalue weighted by atomic mass is 10.2. The van der Waals surface area contributed by atoms with Crippen LogP contribution < -0.4 is 5.32 Å². The molecule has 0 saturated carbocycles. The highest BCUT2D eigenvalue weighted by molar-refractivity contribution is 7.99. The largest absolute Gasteiger partial charge is 0.379 e. The van der Waals surface area contributed by atoms with E-state index in [2.05, 4.69) is 10.2 Å². The van der Waals surface area contributed by atoms with Gasteiger partial charge in [0.05, 0.1) is 25.3 Å². The standard InChI is InChI=1S/C22H23FN4O2S/c23-16-5-7-17(8-6-16)24-21(28)9-14-30-22-18-3-1-2-4-19(18)25-20(26-22)15-27-10-12-29-13-11-27/h1-8H,9-15H2,(H,24,28). The number of carbonyl (C=O) groups is 1. The Kier molecular flexibility index (Phi) is 6.88. The van der Waals surface area contributed by atoms with Crippen molar-refractivity contribution in [2.75, 3.05) is 37.4 Å². The number of morpholine rings is 1. The van der Waals surface area contributed by atoms with E-state index in [0.29, 0.717) is 24.4 Å². The van der Waals surface area contributed by atoms with E-state index in [1.807, 2.05) is 24.3 Å². The molecule has 1 N–H and O–H groups in total. The highest BCUT2D eigenvalue weighted by Crippen LogP contribution is 2.26. The molecule has 1 aromatic heterocycles. The number of anilines is 1. The van der Waals surface area contributed by atoms with Crippen LogP contribution in [0.1, 0.15) is 12.2 Å². The van der Waals surface area contributed by atoms with Crippen LogP contribution in [0.25, 0.3) is 10.9 Å². The molecular weight excluding hydrogens is 403 g/mol. The van der Waals surface area contributed by atoms with E-state index in [4.69, 9.17) is 14.7 Å². The maximum atomic E-state index is 13.0. The van der Waals surface area contributed by atoms with Crippen LogP contribution in [0.3, 0.4) is 0 Å². The van der Waals surface area contributed by atoms with Gasteiger partial charge in [-0.05, 0) is 30.3 Å². The molecule has 1 aliphatic rings. The molecule has 6 nitrogen and oxygen atoms in total. The van der Waals surface area contributed by atoms with E-state index in [1.54, 1.807) is 23.9 Å². The Morgan fingerprint density at radius 2 is 1.87 bits per heavy atom. The number of thioether (sulfide) groups is 1. The van der Waals surface area contributed by atoms with Crippen molar-refractivity contribution in [3.05, 3.63) is 60.2 Å². The van der Waals surface area contributed by atoms with Crippen molar-refractivity contribution >= 4 is 34.3 Å². The molecule has 1 aliphatic heterocycles. The molecule has 3 aromatic rings. The second-order valence-electron chi connectivity index (χ2n) is 7.00. The number of carbonyl (C=O) groups excluding carboxylic acids is 1. The third kappa shape index (κ3) is 5.53. The summed E-state index contributed by atoms with van der Waals surface area (Å²) >= 11 is 1.55. The summed E-state index contributed by atoms with van der Waals surface area (Å²) in [5.74, 6) is 0.937. The summed E-state index contributed by atoms with van der Waals surface area (Å²) in [6.07, 6.45) is 0.333. The van der Waals surface area contributed by atoms with Gasteiger partial charge in [-0.2, -0.15) is 0 Å². The summed E-state index contributed by atoms with van der Waals surface area (Å²) in [5.41, 5.74) is 1.50. The monoisotopic (exact) mass is 426 g/mol. The lowest BCUT2D eigenvalue weighted by molar-refractivity contribution is -0.115. The SMILES string of the molecule is O=C(CCSc1nc(CN2CCOCC2)nc2ccccc12)Nc1ccc(F)cc1. The Morgan fingerprint density at radius 1 is 1.10 bits per heavy atom. The number of halogens is 1. The van der Waals surface area contributed by atoms with Gasteiger partial charge in [0, 0.05) is 36.3 Å². The van der Waals surface area contributed by atoms with Gasteiger partial charge in [-0.3, -0.25) is 9.69 Å². The second-order valence-corrected chi connectivity index (χ2v) is 8.09. The summed E-state index contributed by atoms with van der Waals surface area (Å²) in [6, 6.07) is 13.7. The zero-order chi connectivity index (χ0) is 20.8. The number of nitrogens with zero attached hydrogens (tertiary/aromatic N) is 3. The molecule has 1 fully saturated rings. The first-order valence-electron chi connectivity index (χ1n) is 9.91. The molecule has 8 heteroatoms. The Bertz CT molecular complexity index is 1010. The van der Waals surface area contributed by atoms with E-state index < -0.39 is 0 Å². The molecule has 156 valence electrons. The fourth-order valence-corrected chi connectivity index (χ4v) is 4.21.